The number of hydrogen-bond donors (Lipinski definition) is 2. The van der Waals surface area contributed by atoms with Crippen molar-refractivity contribution in [1.29, 1.82) is 0 Å². The first-order valence-electron chi connectivity index (χ1n) is 8.06. The van der Waals surface area contributed by atoms with Gasteiger partial charge in [0.15, 0.2) is 0 Å². The second-order valence-corrected chi connectivity index (χ2v) is 6.85. The summed E-state index contributed by atoms with van der Waals surface area (Å²) in [5, 5.41) is 3.89. The highest BCUT2D eigenvalue weighted by Crippen LogP contribution is 2.42. The Morgan fingerprint density at radius 2 is 1.77 bits per heavy atom. The summed E-state index contributed by atoms with van der Waals surface area (Å²) in [4.78, 5) is 8.07. The van der Waals surface area contributed by atoms with Crippen LogP contribution in [-0.4, -0.2) is 15.5 Å². The lowest BCUT2D eigenvalue weighted by atomic mass is 9.83. The van der Waals surface area contributed by atoms with Crippen LogP contribution < -0.4 is 5.32 Å². The van der Waals surface area contributed by atoms with E-state index in [1.165, 1.54) is 28.8 Å². The van der Waals surface area contributed by atoms with Crippen LogP contribution in [-0.2, 0) is 19.3 Å². The van der Waals surface area contributed by atoms with Gasteiger partial charge in [-0.25, -0.2) is 4.98 Å². The lowest BCUT2D eigenvalue weighted by Gasteiger charge is -2.37. The topological polar surface area (TPSA) is 40.7 Å². The third kappa shape index (κ3) is 1.65. The van der Waals surface area contributed by atoms with Crippen molar-refractivity contribution < 1.29 is 0 Å². The molecule has 0 saturated heterocycles. The van der Waals surface area contributed by atoms with Crippen LogP contribution in [0.2, 0.25) is 0 Å². The third-order valence-corrected chi connectivity index (χ3v) is 5.30. The molecular weight excluding hydrogens is 270 g/mol. The van der Waals surface area contributed by atoms with Crippen LogP contribution in [0.15, 0.2) is 36.4 Å². The van der Waals surface area contributed by atoms with Crippen LogP contribution in [0.4, 0.5) is 5.69 Å². The van der Waals surface area contributed by atoms with Crippen molar-refractivity contribution in [3.63, 3.8) is 0 Å². The van der Waals surface area contributed by atoms with E-state index in [1.807, 2.05) is 6.92 Å². The van der Waals surface area contributed by atoms with E-state index in [0.29, 0.717) is 0 Å². The van der Waals surface area contributed by atoms with Gasteiger partial charge in [-0.15, -0.1) is 0 Å². The molecule has 1 aromatic heterocycles. The Hall–Kier alpha value is -2.29. The number of aryl methyl sites for hydroxylation is 2. The number of nitrogens with zero attached hydrogens (tertiary/aromatic N) is 1. The number of imidazole rings is 1. The monoisotopic (exact) mass is 289 g/mol. The van der Waals surface area contributed by atoms with Crippen LogP contribution in [0.3, 0.4) is 0 Å². The van der Waals surface area contributed by atoms with E-state index in [9.17, 15) is 0 Å². The normalized spacial score (nSPS) is 18.2. The highest BCUT2D eigenvalue weighted by Gasteiger charge is 2.40. The molecule has 0 atom stereocenters. The van der Waals surface area contributed by atoms with E-state index in [0.717, 1.165) is 36.1 Å². The Bertz CT molecular complexity index is 866. The number of benzene rings is 2. The number of H-pyrrole nitrogens is 1. The lowest BCUT2D eigenvalue weighted by Crippen LogP contribution is -2.42. The van der Waals surface area contributed by atoms with Gasteiger partial charge in [0.1, 0.15) is 11.3 Å². The average molecular weight is 289 g/mol. The molecule has 0 amide bonds. The van der Waals surface area contributed by atoms with Gasteiger partial charge >= 0.3 is 0 Å². The van der Waals surface area contributed by atoms with Crippen LogP contribution >= 0.6 is 0 Å². The molecule has 1 spiro atoms. The fourth-order valence-corrected chi connectivity index (χ4v) is 4.25. The Balaban J connectivity index is 1.61. The number of fused-ring (bicyclic) bond motifs is 4. The molecule has 0 radical (unpaired) electrons. The van der Waals surface area contributed by atoms with Crippen molar-refractivity contribution in [2.45, 2.75) is 38.1 Å². The predicted octanol–water partition coefficient (Wildman–Crippen LogP) is 3.77. The molecule has 2 N–H and O–H groups in total. The standard InChI is InChI=1S/C19H19N3/c1-12-20-16-7-6-13-8-9-19(22-17(13)18(16)21-12)10-14-4-2-3-5-15(14)11-19/h2-7,22H,8-11H2,1H3,(H,20,21). The first-order chi connectivity index (χ1) is 10.7. The van der Waals surface area contributed by atoms with E-state index in [2.05, 4.69) is 46.7 Å². The van der Waals surface area contributed by atoms with Crippen molar-refractivity contribution in [2.24, 2.45) is 0 Å². The molecule has 22 heavy (non-hydrogen) atoms. The summed E-state index contributed by atoms with van der Waals surface area (Å²) >= 11 is 0. The molecule has 0 saturated carbocycles. The van der Waals surface area contributed by atoms with Crippen molar-refractivity contribution in [3.05, 3.63) is 58.9 Å². The van der Waals surface area contributed by atoms with E-state index in [1.54, 1.807) is 0 Å². The summed E-state index contributed by atoms with van der Waals surface area (Å²) in [6.07, 6.45) is 4.59. The Morgan fingerprint density at radius 1 is 1.00 bits per heavy atom. The highest BCUT2D eigenvalue weighted by molar-refractivity contribution is 5.91. The molecule has 1 aliphatic heterocycles. The summed E-state index contributed by atoms with van der Waals surface area (Å²) in [5.74, 6) is 0.986. The molecule has 3 heteroatoms. The number of aromatic amines is 1. The molecule has 0 unspecified atom stereocenters. The number of hydrogen-bond acceptors (Lipinski definition) is 2. The molecule has 0 fully saturated rings. The van der Waals surface area contributed by atoms with E-state index < -0.39 is 0 Å². The molecule has 2 heterocycles. The smallest absolute Gasteiger partial charge is 0.112 e. The highest BCUT2D eigenvalue weighted by atomic mass is 15.0. The third-order valence-electron chi connectivity index (χ3n) is 5.30. The van der Waals surface area contributed by atoms with Gasteiger partial charge < -0.3 is 10.3 Å². The molecular formula is C19H19N3. The number of anilines is 1. The Kier molecular flexibility index (Phi) is 2.30. The second kappa shape index (κ2) is 4.13. The fraction of sp³-hybridized carbons (Fsp3) is 0.316. The van der Waals surface area contributed by atoms with Gasteiger partial charge in [-0.05, 0) is 55.4 Å². The maximum atomic E-state index is 4.71. The van der Waals surface area contributed by atoms with E-state index in [4.69, 9.17) is 4.98 Å². The fourth-order valence-electron chi connectivity index (χ4n) is 4.25. The SMILES string of the molecule is Cc1nc2c3c(ccc2[nH]1)CCC1(Cc2ccccc2C1)N3. The molecule has 2 aliphatic rings. The zero-order valence-corrected chi connectivity index (χ0v) is 12.7. The quantitative estimate of drug-likeness (QED) is 0.661. The van der Waals surface area contributed by atoms with E-state index in [-0.39, 0.29) is 5.54 Å². The maximum Gasteiger partial charge on any atom is 0.112 e. The van der Waals surface area contributed by atoms with Crippen LogP contribution in [0.1, 0.15) is 28.9 Å². The molecule has 110 valence electrons. The van der Waals surface area contributed by atoms with Crippen molar-refractivity contribution in [2.75, 3.05) is 5.32 Å². The number of rotatable bonds is 0. The summed E-state index contributed by atoms with van der Waals surface area (Å²) in [7, 11) is 0. The first kappa shape index (κ1) is 12.3. The van der Waals surface area contributed by atoms with Gasteiger partial charge in [0.2, 0.25) is 0 Å². The summed E-state index contributed by atoms with van der Waals surface area (Å²) in [6.45, 7) is 2.02. The molecule has 3 aromatic rings. The van der Waals surface area contributed by atoms with Crippen LogP contribution in [0, 0.1) is 6.92 Å². The second-order valence-electron chi connectivity index (χ2n) is 6.85. The summed E-state index contributed by atoms with van der Waals surface area (Å²) < 4.78 is 0. The minimum atomic E-state index is 0.178. The van der Waals surface area contributed by atoms with Gasteiger partial charge in [0.05, 0.1) is 11.2 Å². The van der Waals surface area contributed by atoms with Gasteiger partial charge in [-0.3, -0.25) is 0 Å². The Morgan fingerprint density at radius 3 is 2.55 bits per heavy atom. The molecule has 5 rings (SSSR count). The predicted molar refractivity (Wildman–Crippen MR) is 89.4 cm³/mol. The molecule has 1 aliphatic carbocycles. The van der Waals surface area contributed by atoms with Gasteiger partial charge in [0, 0.05) is 5.54 Å². The van der Waals surface area contributed by atoms with Gasteiger partial charge in [-0.2, -0.15) is 0 Å². The van der Waals surface area contributed by atoms with Crippen LogP contribution in [0.25, 0.3) is 11.0 Å². The number of aromatic nitrogens is 2. The largest absolute Gasteiger partial charge is 0.377 e. The molecule has 0 bridgehead atoms. The summed E-state index contributed by atoms with van der Waals surface area (Å²) in [6, 6.07) is 13.3. The minimum absolute atomic E-state index is 0.178. The number of nitrogens with one attached hydrogen (secondary N) is 2. The van der Waals surface area contributed by atoms with Gasteiger partial charge in [-0.1, -0.05) is 30.3 Å². The molecule has 3 nitrogen and oxygen atoms in total. The average Bonchev–Trinajstić information content (AvgIpc) is 3.06. The van der Waals surface area contributed by atoms with Crippen molar-refractivity contribution in [3.8, 4) is 0 Å². The minimum Gasteiger partial charge on any atom is -0.377 e. The maximum absolute atomic E-state index is 4.71. The lowest BCUT2D eigenvalue weighted by molar-refractivity contribution is 0.441. The van der Waals surface area contributed by atoms with Crippen LogP contribution in [0.5, 0.6) is 0 Å². The van der Waals surface area contributed by atoms with E-state index >= 15 is 0 Å². The first-order valence-corrected chi connectivity index (χ1v) is 8.06. The van der Waals surface area contributed by atoms with Gasteiger partial charge in [0.25, 0.3) is 0 Å². The van der Waals surface area contributed by atoms with Crippen molar-refractivity contribution in [1.82, 2.24) is 9.97 Å². The van der Waals surface area contributed by atoms with Crippen molar-refractivity contribution >= 4 is 16.7 Å². The Labute approximate surface area is 129 Å². The summed E-state index contributed by atoms with van der Waals surface area (Å²) in [5.41, 5.74) is 8.08. The molecule has 2 aromatic carbocycles. The zero-order chi connectivity index (χ0) is 14.7. The zero-order valence-electron chi connectivity index (χ0n) is 12.7.